The fraction of sp³-hybridized carbons (Fsp3) is 0.944. The molecule has 14 aliphatic rings. The summed E-state index contributed by atoms with van der Waals surface area (Å²) in [7, 11) is 1.42. The number of alkyl halides is 3. The lowest BCUT2D eigenvalue weighted by atomic mass is 9.38. The van der Waals surface area contributed by atoms with Gasteiger partial charge in [0.15, 0.2) is 5.60 Å². The Bertz CT molecular complexity index is 2510. The molecule has 0 aromatic carbocycles. The van der Waals surface area contributed by atoms with Gasteiger partial charge in [0.1, 0.15) is 16.8 Å². The number of fused-ring (bicyclic) bond motifs is 2. The highest BCUT2D eigenvalue weighted by molar-refractivity contribution is 5.77. The van der Waals surface area contributed by atoms with Crippen LogP contribution in [-0.2, 0) is 38.1 Å². The monoisotopic (exact) mass is 1270 g/mol. The molecule has 0 aromatic heterocycles. The van der Waals surface area contributed by atoms with E-state index < -0.39 is 84.3 Å². The lowest BCUT2D eigenvalue weighted by Crippen LogP contribution is -2.72. The number of ether oxygens (including phenoxy) is 4. The third-order valence-corrected chi connectivity index (χ3v) is 25.5. The van der Waals surface area contributed by atoms with E-state index in [4.69, 9.17) is 14.2 Å². The molecule has 8 atom stereocenters. The molecule has 514 valence electrons. The van der Waals surface area contributed by atoms with Crippen LogP contribution in [0.2, 0.25) is 0 Å². The van der Waals surface area contributed by atoms with Crippen molar-refractivity contribution in [1.29, 1.82) is 0 Å². The van der Waals surface area contributed by atoms with Crippen LogP contribution in [0.1, 0.15) is 285 Å². The molecule has 0 radical (unpaired) electrons. The molecule has 14 fully saturated rings. The summed E-state index contributed by atoms with van der Waals surface area (Å²) in [6, 6.07) is 0. The summed E-state index contributed by atoms with van der Waals surface area (Å²) in [6.07, 6.45) is 14.1. The first-order valence-corrected chi connectivity index (χ1v) is 34.1. The van der Waals surface area contributed by atoms with Gasteiger partial charge in [-0.05, 0) is 234 Å². The van der Waals surface area contributed by atoms with Crippen molar-refractivity contribution >= 4 is 23.9 Å². The minimum atomic E-state index is -4.48. The topological polar surface area (TPSA) is 247 Å². The Kier molecular flexibility index (Phi) is 19.8. The molecule has 0 heterocycles. The van der Waals surface area contributed by atoms with E-state index in [0.717, 1.165) is 96.8 Å². The number of hydrogen-bond acceptors (Lipinski definition) is 15. The van der Waals surface area contributed by atoms with Gasteiger partial charge in [0.25, 0.3) is 0 Å². The van der Waals surface area contributed by atoms with Crippen molar-refractivity contribution < 1.29 is 87.0 Å². The standard InChI is InChI=1S/C22H38O3.C16H26O5.C16H26O4.C10H15F3O.C7H14O2/c1-8-18(2,3)17(23)25-20(6,7)22-12-15-9-16(13-22)11-21(10-15,14-22)19(4,5)24;1-4-12(2,3)11(17)21-16-8-13(18)5-14(19,9-16)7-15(20,6-13)10-16;1-4-13(2,3)12(17)20-16-7-11-5-14(18,9-16)8-15(19,6-11)10-16;1-9(14,10(11,12)13)8-5-6-2-3-7(8)4-6;1-5-7(2,3)6(8)9-4/h15-16,24H,8-14H2,1-7H3;18-20H,4-10H2,1-3H3;11,18-19H,4-10H2,1-3H3;6-8,14H,2-5H2,1H3;5H2,1-4H3. The summed E-state index contributed by atoms with van der Waals surface area (Å²) in [5.74, 6) is 0.847. The van der Waals surface area contributed by atoms with Crippen LogP contribution in [0, 0.1) is 68.0 Å². The Morgan fingerprint density at radius 2 is 0.809 bits per heavy atom. The van der Waals surface area contributed by atoms with Crippen molar-refractivity contribution in [1.82, 2.24) is 0 Å². The number of carbonyl (C=O) groups excluding carboxylic acids is 4. The number of halogens is 3. The Morgan fingerprint density at radius 1 is 0.427 bits per heavy atom. The minimum absolute atomic E-state index is 0.0105. The maximum absolute atomic E-state index is 12.8. The number of esters is 4. The number of aliphatic hydroxyl groups is 7. The van der Waals surface area contributed by atoms with E-state index in [9.17, 15) is 68.1 Å². The van der Waals surface area contributed by atoms with Crippen molar-refractivity contribution in [2.75, 3.05) is 7.11 Å². The molecule has 0 aromatic rings. The van der Waals surface area contributed by atoms with Gasteiger partial charge in [-0.2, -0.15) is 13.2 Å². The summed E-state index contributed by atoms with van der Waals surface area (Å²) in [6.45, 7) is 32.2. The largest absolute Gasteiger partial charge is 0.469 e. The van der Waals surface area contributed by atoms with Crippen molar-refractivity contribution in [2.24, 2.45) is 68.0 Å². The van der Waals surface area contributed by atoms with Crippen LogP contribution in [0.25, 0.3) is 0 Å². The van der Waals surface area contributed by atoms with Crippen molar-refractivity contribution in [3.05, 3.63) is 0 Å². The number of hydrogen-bond donors (Lipinski definition) is 7. The van der Waals surface area contributed by atoms with Crippen LogP contribution >= 0.6 is 0 Å². The van der Waals surface area contributed by atoms with E-state index in [-0.39, 0.29) is 71.2 Å². The SMILES string of the molecule is CC(O)(C1CC2CCC1C2)C(F)(F)F.CCC(C)(C)C(=O)OC.CCC(C)(C)C(=O)OC(C)(C)C12CC3CC(CC(C(C)(C)O)(C3)C1)C2.CCC(C)(C)C(=O)OC12CC3(O)CC(O)(CC(O)(C3)C1)C2.CCC(C)(C)C(=O)OC12CC3CC(O)(CC(O)(C3)C1)C2. The lowest BCUT2D eigenvalue weighted by molar-refractivity contribution is -0.302. The van der Waals surface area contributed by atoms with E-state index in [1.165, 1.54) is 13.5 Å². The van der Waals surface area contributed by atoms with E-state index in [0.29, 0.717) is 69.1 Å². The molecule has 14 aliphatic carbocycles. The van der Waals surface area contributed by atoms with Crippen LogP contribution in [0.5, 0.6) is 0 Å². The van der Waals surface area contributed by atoms with Gasteiger partial charge < -0.3 is 54.7 Å². The summed E-state index contributed by atoms with van der Waals surface area (Å²) in [4.78, 5) is 48.5. The smallest absolute Gasteiger partial charge is 0.417 e. The summed E-state index contributed by atoms with van der Waals surface area (Å²) < 4.78 is 60.1. The minimum Gasteiger partial charge on any atom is -0.469 e. The van der Waals surface area contributed by atoms with Gasteiger partial charge in [-0.3, -0.25) is 19.2 Å². The van der Waals surface area contributed by atoms with E-state index >= 15 is 0 Å². The van der Waals surface area contributed by atoms with Gasteiger partial charge in [-0.15, -0.1) is 0 Å². The van der Waals surface area contributed by atoms with Crippen molar-refractivity contribution in [3.8, 4) is 0 Å². The predicted molar refractivity (Wildman–Crippen MR) is 331 cm³/mol. The molecule has 0 aliphatic heterocycles. The molecule has 15 nitrogen and oxygen atoms in total. The average Bonchev–Trinajstić information content (AvgIpc) is 1.50. The number of carbonyl (C=O) groups is 4. The van der Waals surface area contributed by atoms with E-state index in [1.54, 1.807) is 0 Å². The maximum atomic E-state index is 12.8. The van der Waals surface area contributed by atoms with Crippen LogP contribution in [0.3, 0.4) is 0 Å². The normalized spacial score (nSPS) is 40.2. The summed E-state index contributed by atoms with van der Waals surface area (Å²) in [5.41, 5.74) is -12.1. The van der Waals surface area contributed by atoms with Gasteiger partial charge in [-0.1, -0.05) is 34.1 Å². The van der Waals surface area contributed by atoms with Crippen LogP contribution in [-0.4, -0.2) is 129 Å². The third-order valence-electron chi connectivity index (χ3n) is 25.5. The highest BCUT2D eigenvalue weighted by Gasteiger charge is 2.71. The Hall–Kier alpha value is -2.61. The molecule has 89 heavy (non-hydrogen) atoms. The first-order valence-electron chi connectivity index (χ1n) is 34.1. The highest BCUT2D eigenvalue weighted by atomic mass is 19.4. The van der Waals surface area contributed by atoms with Crippen LogP contribution < -0.4 is 0 Å². The second-order valence-electron chi connectivity index (χ2n) is 35.7. The molecule has 0 amide bonds. The highest BCUT2D eigenvalue weighted by Crippen LogP contribution is 2.71. The molecule has 0 saturated heterocycles. The van der Waals surface area contributed by atoms with E-state index in [1.807, 2.05) is 96.9 Å². The Balaban J connectivity index is 0.000000164. The quantitative estimate of drug-likeness (QED) is 0.0631. The molecule has 8 unspecified atom stereocenters. The zero-order valence-electron chi connectivity index (χ0n) is 57.9. The number of methoxy groups -OCH3 is 1. The zero-order valence-corrected chi connectivity index (χ0v) is 57.9. The molecule has 14 rings (SSSR count). The first-order chi connectivity index (χ1) is 40.1. The number of rotatable bonds is 14. The van der Waals surface area contributed by atoms with E-state index in [2.05, 4.69) is 18.6 Å². The second kappa shape index (κ2) is 23.9. The molecular weight excluding hydrogens is 1150 g/mol. The molecule has 14 saturated carbocycles. The fourth-order valence-corrected chi connectivity index (χ4v) is 19.7. The van der Waals surface area contributed by atoms with Gasteiger partial charge in [0.05, 0.1) is 62.4 Å². The zero-order chi connectivity index (χ0) is 67.5. The Labute approximate surface area is 530 Å². The molecule has 18 heteroatoms. The van der Waals surface area contributed by atoms with Gasteiger partial charge in [-0.25, -0.2) is 0 Å². The summed E-state index contributed by atoms with van der Waals surface area (Å²) in [5, 5.41) is 73.8. The average molecular weight is 1270 g/mol. The van der Waals surface area contributed by atoms with Gasteiger partial charge >= 0.3 is 30.1 Å². The Morgan fingerprint density at radius 3 is 1.16 bits per heavy atom. The third kappa shape index (κ3) is 14.9. The van der Waals surface area contributed by atoms with Crippen molar-refractivity contribution in [2.45, 2.75) is 347 Å². The lowest BCUT2D eigenvalue weighted by Gasteiger charge is -2.68. The fourth-order valence-electron chi connectivity index (χ4n) is 19.7. The maximum Gasteiger partial charge on any atom is 0.417 e. The second-order valence-corrected chi connectivity index (χ2v) is 35.7. The first kappa shape index (κ1) is 73.8. The van der Waals surface area contributed by atoms with Gasteiger partial charge in [0, 0.05) is 63.2 Å². The van der Waals surface area contributed by atoms with Crippen LogP contribution in [0.4, 0.5) is 13.2 Å². The summed E-state index contributed by atoms with van der Waals surface area (Å²) >= 11 is 0. The molecule has 0 spiro atoms. The predicted octanol–water partition coefficient (Wildman–Crippen LogP) is 12.9. The molecular formula is C71H119F3O15. The van der Waals surface area contributed by atoms with Gasteiger partial charge in [0.2, 0.25) is 0 Å². The van der Waals surface area contributed by atoms with Crippen molar-refractivity contribution in [3.63, 3.8) is 0 Å². The molecule has 7 N–H and O–H groups in total. The molecule has 14 bridgehead atoms. The van der Waals surface area contributed by atoms with Crippen LogP contribution in [0.15, 0.2) is 0 Å².